The molecule has 0 radical (unpaired) electrons. The molecule has 3 heterocycles. The molecule has 2 aromatic carbocycles. The maximum absolute atomic E-state index is 4.44. The van der Waals surface area contributed by atoms with Crippen LogP contribution in [-0.4, -0.2) is 26.2 Å². The second-order valence-corrected chi connectivity index (χ2v) is 7.48. The van der Waals surface area contributed by atoms with Crippen molar-refractivity contribution in [3.05, 3.63) is 88.9 Å². The van der Waals surface area contributed by atoms with Crippen LogP contribution in [0.15, 0.2) is 60.8 Å². The Bertz CT molecular complexity index is 1090. The molecular formula is C23H24N4. The number of nitrogens with one attached hydrogen (secondary N) is 1. The van der Waals surface area contributed by atoms with E-state index >= 15 is 0 Å². The van der Waals surface area contributed by atoms with Crippen molar-refractivity contribution in [3.63, 3.8) is 0 Å². The number of hydrogen-bond acceptors (Lipinski definition) is 2. The number of aryl methyl sites for hydroxylation is 1. The van der Waals surface area contributed by atoms with Crippen molar-refractivity contribution in [2.24, 2.45) is 7.05 Å². The Kier molecular flexibility index (Phi) is 3.87. The second kappa shape index (κ2) is 6.39. The highest BCUT2D eigenvalue weighted by Crippen LogP contribution is 2.39. The molecule has 1 aliphatic heterocycles. The van der Waals surface area contributed by atoms with E-state index in [4.69, 9.17) is 0 Å². The largest absolute Gasteiger partial charge is 0.357 e. The van der Waals surface area contributed by atoms with Gasteiger partial charge in [-0.25, -0.2) is 0 Å². The third-order valence-corrected chi connectivity index (χ3v) is 5.96. The third kappa shape index (κ3) is 2.68. The topological polar surface area (TPSA) is 36.9 Å². The Labute approximate surface area is 159 Å². The second-order valence-electron chi connectivity index (χ2n) is 7.48. The van der Waals surface area contributed by atoms with Gasteiger partial charge < -0.3 is 4.98 Å². The van der Waals surface area contributed by atoms with E-state index in [1.54, 1.807) is 0 Å². The van der Waals surface area contributed by atoms with Crippen LogP contribution < -0.4 is 0 Å². The van der Waals surface area contributed by atoms with Gasteiger partial charge in [-0.3, -0.25) is 9.58 Å². The average Bonchev–Trinajstić information content (AvgIpc) is 3.23. The van der Waals surface area contributed by atoms with E-state index < -0.39 is 0 Å². The summed E-state index contributed by atoms with van der Waals surface area (Å²) in [5.41, 5.74) is 7.94. The van der Waals surface area contributed by atoms with Gasteiger partial charge in [0.25, 0.3) is 0 Å². The fourth-order valence-electron chi connectivity index (χ4n) is 4.39. The predicted octanol–water partition coefficient (Wildman–Crippen LogP) is 4.36. The molecule has 0 saturated carbocycles. The summed E-state index contributed by atoms with van der Waals surface area (Å²) in [6.45, 7) is 4.11. The summed E-state index contributed by atoms with van der Waals surface area (Å²) >= 11 is 0. The number of rotatable bonds is 3. The van der Waals surface area contributed by atoms with E-state index in [0.717, 1.165) is 19.5 Å². The van der Waals surface area contributed by atoms with Crippen molar-refractivity contribution in [1.29, 1.82) is 0 Å². The SMILES string of the molecule is Cc1c(CN2CCc3c([nH]c4ccccc34)C2c2ccccc2)cnn1C. The Hall–Kier alpha value is -2.85. The summed E-state index contributed by atoms with van der Waals surface area (Å²) in [5.74, 6) is 0. The molecule has 4 nitrogen and oxygen atoms in total. The molecule has 2 aromatic heterocycles. The van der Waals surface area contributed by atoms with Crippen molar-refractivity contribution in [3.8, 4) is 0 Å². The molecule has 0 amide bonds. The van der Waals surface area contributed by atoms with Crippen LogP contribution in [0.3, 0.4) is 0 Å². The van der Waals surface area contributed by atoms with Crippen molar-refractivity contribution in [1.82, 2.24) is 19.7 Å². The van der Waals surface area contributed by atoms with Crippen LogP contribution in [0.1, 0.15) is 34.1 Å². The zero-order valence-corrected chi connectivity index (χ0v) is 15.8. The van der Waals surface area contributed by atoms with E-state index in [0.29, 0.717) is 0 Å². The minimum Gasteiger partial charge on any atom is -0.357 e. The van der Waals surface area contributed by atoms with Crippen LogP contribution in [0.5, 0.6) is 0 Å². The Balaban J connectivity index is 1.62. The Morgan fingerprint density at radius 3 is 2.63 bits per heavy atom. The van der Waals surface area contributed by atoms with Gasteiger partial charge in [-0.15, -0.1) is 0 Å². The minimum absolute atomic E-state index is 0.238. The molecular weight excluding hydrogens is 332 g/mol. The highest BCUT2D eigenvalue weighted by molar-refractivity contribution is 5.85. The van der Waals surface area contributed by atoms with Crippen LogP contribution in [0.25, 0.3) is 10.9 Å². The lowest BCUT2D eigenvalue weighted by Gasteiger charge is -2.36. The number of benzene rings is 2. The standard InChI is InChI=1S/C23H24N4/c1-16-18(14-24-26(16)2)15-27-13-12-20-19-10-6-7-11-21(19)25-22(20)23(27)17-8-4-3-5-9-17/h3-11,14,23,25H,12-13,15H2,1-2H3. The normalized spacial score (nSPS) is 17.3. The number of aromatic amines is 1. The van der Waals surface area contributed by atoms with Crippen molar-refractivity contribution in [2.45, 2.75) is 25.9 Å². The highest BCUT2D eigenvalue weighted by Gasteiger charge is 2.31. The summed E-state index contributed by atoms with van der Waals surface area (Å²) in [6, 6.07) is 19.8. The zero-order chi connectivity index (χ0) is 18.4. The van der Waals surface area contributed by atoms with Crippen molar-refractivity contribution >= 4 is 10.9 Å². The quantitative estimate of drug-likeness (QED) is 0.592. The first-order chi connectivity index (χ1) is 13.2. The van der Waals surface area contributed by atoms with Gasteiger partial charge in [0.2, 0.25) is 0 Å². The van der Waals surface area contributed by atoms with Gasteiger partial charge >= 0.3 is 0 Å². The van der Waals surface area contributed by atoms with E-state index in [1.807, 2.05) is 17.9 Å². The number of aromatic nitrogens is 3. The molecule has 136 valence electrons. The van der Waals surface area contributed by atoms with Gasteiger partial charge in [0.1, 0.15) is 0 Å². The molecule has 1 N–H and O–H groups in total. The molecule has 4 aromatic rings. The lowest BCUT2D eigenvalue weighted by atomic mass is 9.92. The fourth-order valence-corrected chi connectivity index (χ4v) is 4.39. The molecule has 1 unspecified atom stereocenters. The lowest BCUT2D eigenvalue weighted by molar-refractivity contribution is 0.201. The molecule has 0 bridgehead atoms. The highest BCUT2D eigenvalue weighted by atomic mass is 15.3. The number of H-pyrrole nitrogens is 1. The van der Waals surface area contributed by atoms with E-state index in [2.05, 4.69) is 76.5 Å². The average molecular weight is 356 g/mol. The maximum atomic E-state index is 4.44. The maximum Gasteiger partial charge on any atom is 0.0760 e. The molecule has 0 fully saturated rings. The van der Waals surface area contributed by atoms with E-state index in [1.165, 1.54) is 39.0 Å². The molecule has 4 heteroatoms. The first kappa shape index (κ1) is 16.3. The number of nitrogens with zero attached hydrogens (tertiary/aromatic N) is 3. The third-order valence-electron chi connectivity index (χ3n) is 5.96. The molecule has 0 spiro atoms. The Morgan fingerprint density at radius 1 is 1.07 bits per heavy atom. The summed E-state index contributed by atoms with van der Waals surface area (Å²) in [6.07, 6.45) is 3.08. The lowest BCUT2D eigenvalue weighted by Crippen LogP contribution is -2.35. The number of hydrogen-bond donors (Lipinski definition) is 1. The Morgan fingerprint density at radius 2 is 1.85 bits per heavy atom. The van der Waals surface area contributed by atoms with Crippen molar-refractivity contribution in [2.75, 3.05) is 6.54 Å². The van der Waals surface area contributed by atoms with E-state index in [-0.39, 0.29) is 6.04 Å². The molecule has 27 heavy (non-hydrogen) atoms. The van der Waals surface area contributed by atoms with Gasteiger partial charge in [-0.05, 0) is 30.5 Å². The number of para-hydroxylation sites is 1. The molecule has 5 rings (SSSR count). The van der Waals surface area contributed by atoms with Gasteiger partial charge in [-0.1, -0.05) is 48.5 Å². The van der Waals surface area contributed by atoms with Crippen LogP contribution in [0, 0.1) is 6.92 Å². The van der Waals surface area contributed by atoms with Gasteiger partial charge in [0.05, 0.1) is 12.2 Å². The fraction of sp³-hybridized carbons (Fsp3) is 0.261. The van der Waals surface area contributed by atoms with Crippen molar-refractivity contribution < 1.29 is 0 Å². The van der Waals surface area contributed by atoms with Crippen LogP contribution in [0.4, 0.5) is 0 Å². The van der Waals surface area contributed by atoms with Gasteiger partial charge in [0.15, 0.2) is 0 Å². The molecule has 0 aliphatic carbocycles. The molecule has 1 aliphatic rings. The van der Waals surface area contributed by atoms with Crippen LogP contribution in [-0.2, 0) is 20.0 Å². The summed E-state index contributed by atoms with van der Waals surface area (Å²) in [4.78, 5) is 6.32. The minimum atomic E-state index is 0.238. The predicted molar refractivity (Wildman–Crippen MR) is 109 cm³/mol. The first-order valence-electron chi connectivity index (χ1n) is 9.58. The number of fused-ring (bicyclic) bond motifs is 3. The smallest absolute Gasteiger partial charge is 0.0760 e. The first-order valence-corrected chi connectivity index (χ1v) is 9.58. The molecule has 1 atom stereocenters. The summed E-state index contributed by atoms with van der Waals surface area (Å²) < 4.78 is 1.96. The monoisotopic (exact) mass is 356 g/mol. The summed E-state index contributed by atoms with van der Waals surface area (Å²) in [7, 11) is 2.01. The zero-order valence-electron chi connectivity index (χ0n) is 15.8. The summed E-state index contributed by atoms with van der Waals surface area (Å²) in [5, 5.41) is 5.81. The van der Waals surface area contributed by atoms with E-state index in [9.17, 15) is 0 Å². The van der Waals surface area contributed by atoms with Gasteiger partial charge in [-0.2, -0.15) is 5.10 Å². The molecule has 0 saturated heterocycles. The van der Waals surface area contributed by atoms with Crippen LogP contribution in [0.2, 0.25) is 0 Å². The van der Waals surface area contributed by atoms with Gasteiger partial charge in [0, 0.05) is 48.0 Å². The van der Waals surface area contributed by atoms with Crippen LogP contribution >= 0.6 is 0 Å².